The number of rotatable bonds is 11. The molecule has 3 aromatic carbocycles. The maximum Gasteiger partial charge on any atom is 0.281 e. The van der Waals surface area contributed by atoms with E-state index in [0.717, 1.165) is 38.0 Å². The van der Waals surface area contributed by atoms with Crippen molar-refractivity contribution in [3.63, 3.8) is 0 Å². The number of halogens is 2. The van der Waals surface area contributed by atoms with Crippen molar-refractivity contribution in [2.24, 2.45) is 0 Å². The Morgan fingerprint density at radius 3 is 2.15 bits per heavy atom. The van der Waals surface area contributed by atoms with E-state index in [1.807, 2.05) is 80.0 Å². The standard InChI is InChI=1S/C33H38F2N4OSi/c1-24(17-26-19-36-31-18-25(15-16-30(26)31)27-20-38-39-21-27)37-22-33(34,35)23-40-41(32(2,3)4,28-11-7-5-8-12-28)29-13-9-6-10-14-29/h5-16,18-21,24,36-37H,17,22-23H2,1-4H3,(H,38,39)/t24-/m1/s1. The van der Waals surface area contributed by atoms with Crippen molar-refractivity contribution in [1.82, 2.24) is 20.5 Å². The zero-order chi connectivity index (χ0) is 29.1. The summed E-state index contributed by atoms with van der Waals surface area (Å²) in [6.45, 7) is 7.12. The molecular weight excluding hydrogens is 534 g/mol. The quantitative estimate of drug-likeness (QED) is 0.163. The van der Waals surface area contributed by atoms with Gasteiger partial charge < -0.3 is 14.7 Å². The van der Waals surface area contributed by atoms with Crippen LogP contribution in [0.25, 0.3) is 22.0 Å². The Morgan fingerprint density at radius 1 is 0.902 bits per heavy atom. The fourth-order valence-corrected chi connectivity index (χ4v) is 10.3. The van der Waals surface area contributed by atoms with Gasteiger partial charge in [-0.3, -0.25) is 5.10 Å². The molecule has 214 valence electrons. The van der Waals surface area contributed by atoms with Gasteiger partial charge in [-0.1, -0.05) is 93.6 Å². The molecule has 0 spiro atoms. The van der Waals surface area contributed by atoms with Crippen LogP contribution in [0.15, 0.2) is 97.5 Å². The summed E-state index contributed by atoms with van der Waals surface area (Å²) < 4.78 is 37.4. The molecular formula is C33H38F2N4OSi. The van der Waals surface area contributed by atoms with Gasteiger partial charge in [0.2, 0.25) is 0 Å². The largest absolute Gasteiger partial charge is 0.401 e. The fraction of sp³-hybridized carbons (Fsp3) is 0.303. The summed E-state index contributed by atoms with van der Waals surface area (Å²) in [5, 5.41) is 12.6. The number of nitrogens with zero attached hydrogens (tertiary/aromatic N) is 1. The van der Waals surface area contributed by atoms with Crippen molar-refractivity contribution in [2.45, 2.75) is 51.1 Å². The molecule has 5 aromatic rings. The van der Waals surface area contributed by atoms with Crippen molar-refractivity contribution in [2.75, 3.05) is 13.2 Å². The number of nitrogens with one attached hydrogen (secondary N) is 3. The molecule has 2 heterocycles. The maximum atomic E-state index is 15.5. The molecule has 8 heteroatoms. The highest BCUT2D eigenvalue weighted by atomic mass is 28.4. The molecule has 0 aliphatic rings. The van der Waals surface area contributed by atoms with Crippen LogP contribution in [0, 0.1) is 0 Å². The molecule has 5 nitrogen and oxygen atoms in total. The van der Waals surface area contributed by atoms with Crippen LogP contribution in [0.4, 0.5) is 8.78 Å². The smallest absolute Gasteiger partial charge is 0.281 e. The lowest BCUT2D eigenvalue weighted by molar-refractivity contribution is -0.0433. The average molecular weight is 573 g/mol. The predicted molar refractivity (Wildman–Crippen MR) is 166 cm³/mol. The number of hydrogen-bond donors (Lipinski definition) is 3. The van der Waals surface area contributed by atoms with E-state index in [1.54, 1.807) is 6.20 Å². The van der Waals surface area contributed by atoms with Crippen molar-refractivity contribution < 1.29 is 13.2 Å². The number of alkyl halides is 2. The highest BCUT2D eigenvalue weighted by Crippen LogP contribution is 2.37. The summed E-state index contributed by atoms with van der Waals surface area (Å²) in [5.41, 5.74) is 4.17. The molecule has 0 fully saturated rings. The van der Waals surface area contributed by atoms with Gasteiger partial charge in [-0.2, -0.15) is 5.10 Å². The van der Waals surface area contributed by atoms with Crippen LogP contribution in [0.5, 0.6) is 0 Å². The first-order valence-electron chi connectivity index (χ1n) is 14.0. The molecule has 41 heavy (non-hydrogen) atoms. The normalized spacial score (nSPS) is 13.5. The van der Waals surface area contributed by atoms with Crippen LogP contribution < -0.4 is 15.7 Å². The summed E-state index contributed by atoms with van der Waals surface area (Å²) in [4.78, 5) is 3.33. The number of H-pyrrole nitrogens is 2. The molecule has 5 rings (SSSR count). The van der Waals surface area contributed by atoms with Gasteiger partial charge in [-0.15, -0.1) is 0 Å². The van der Waals surface area contributed by atoms with E-state index >= 15 is 8.78 Å². The second-order valence-electron chi connectivity index (χ2n) is 11.9. The van der Waals surface area contributed by atoms with Gasteiger partial charge in [0.1, 0.15) is 0 Å². The van der Waals surface area contributed by atoms with Gasteiger partial charge in [0.15, 0.2) is 0 Å². The predicted octanol–water partition coefficient (Wildman–Crippen LogP) is 6.29. The van der Waals surface area contributed by atoms with E-state index in [0.29, 0.717) is 6.42 Å². The molecule has 1 atom stereocenters. The van der Waals surface area contributed by atoms with E-state index < -0.39 is 27.4 Å². The second-order valence-corrected chi connectivity index (χ2v) is 16.2. The molecule has 0 aliphatic carbocycles. The lowest BCUT2D eigenvalue weighted by Gasteiger charge is -2.43. The van der Waals surface area contributed by atoms with Crippen molar-refractivity contribution in [3.8, 4) is 11.1 Å². The van der Waals surface area contributed by atoms with E-state index in [9.17, 15) is 0 Å². The molecule has 0 bridgehead atoms. The zero-order valence-corrected chi connectivity index (χ0v) is 25.0. The fourth-order valence-electron chi connectivity index (χ4n) is 5.70. The summed E-state index contributed by atoms with van der Waals surface area (Å²) >= 11 is 0. The minimum atomic E-state index is -3.04. The van der Waals surface area contributed by atoms with E-state index in [1.165, 1.54) is 0 Å². The molecule has 3 N–H and O–H groups in total. The first-order chi connectivity index (χ1) is 19.6. The maximum absolute atomic E-state index is 15.5. The van der Waals surface area contributed by atoms with Crippen LogP contribution in [-0.4, -0.2) is 48.6 Å². The van der Waals surface area contributed by atoms with E-state index in [-0.39, 0.29) is 11.1 Å². The van der Waals surface area contributed by atoms with Crippen LogP contribution in [0.3, 0.4) is 0 Å². The molecule has 2 aromatic heterocycles. The van der Waals surface area contributed by atoms with Crippen molar-refractivity contribution in [1.29, 1.82) is 0 Å². The third kappa shape index (κ3) is 6.20. The molecule has 0 unspecified atom stereocenters. The Balaban J connectivity index is 1.27. The summed E-state index contributed by atoms with van der Waals surface area (Å²) in [5.74, 6) is -3.04. The van der Waals surface area contributed by atoms with Crippen molar-refractivity contribution in [3.05, 3.63) is 103 Å². The Labute approximate surface area is 241 Å². The van der Waals surface area contributed by atoms with Crippen LogP contribution in [0.1, 0.15) is 33.3 Å². The number of benzene rings is 3. The number of fused-ring (bicyclic) bond motifs is 1. The second kappa shape index (κ2) is 11.7. The van der Waals surface area contributed by atoms with Crippen molar-refractivity contribution >= 4 is 29.6 Å². The van der Waals surface area contributed by atoms with Crippen LogP contribution >= 0.6 is 0 Å². The molecule has 0 amide bonds. The molecule has 0 radical (unpaired) electrons. The Hall–Kier alpha value is -3.59. The van der Waals surface area contributed by atoms with Gasteiger partial charge in [0.05, 0.1) is 19.3 Å². The molecule has 0 aliphatic heterocycles. The zero-order valence-electron chi connectivity index (χ0n) is 24.0. The Bertz CT molecular complexity index is 1510. The lowest BCUT2D eigenvalue weighted by atomic mass is 10.0. The summed E-state index contributed by atoms with van der Waals surface area (Å²) in [6.07, 6.45) is 6.23. The Kier molecular flexibility index (Phi) is 8.27. The highest BCUT2D eigenvalue weighted by molar-refractivity contribution is 6.99. The number of hydrogen-bond acceptors (Lipinski definition) is 3. The van der Waals surface area contributed by atoms with Gasteiger partial charge in [0, 0.05) is 34.9 Å². The van der Waals surface area contributed by atoms with Gasteiger partial charge in [-0.05, 0) is 45.9 Å². The van der Waals surface area contributed by atoms with Crippen LogP contribution in [-0.2, 0) is 10.8 Å². The van der Waals surface area contributed by atoms with E-state index in [4.69, 9.17) is 4.43 Å². The third-order valence-electron chi connectivity index (χ3n) is 7.75. The minimum absolute atomic E-state index is 0.152. The van der Waals surface area contributed by atoms with E-state index in [2.05, 4.69) is 59.5 Å². The molecule has 0 saturated carbocycles. The first-order valence-corrected chi connectivity index (χ1v) is 16.0. The van der Waals surface area contributed by atoms with Gasteiger partial charge in [-0.25, -0.2) is 8.78 Å². The molecule has 0 saturated heterocycles. The SMILES string of the molecule is C[C@H](Cc1c[nH]c2cc(-c3cn[nH]c3)ccc12)NCC(F)(F)CO[Si](c1ccccc1)(c1ccccc1)C(C)(C)C. The minimum Gasteiger partial charge on any atom is -0.401 e. The Morgan fingerprint density at radius 2 is 1.56 bits per heavy atom. The monoisotopic (exact) mass is 572 g/mol. The average Bonchev–Trinajstić information content (AvgIpc) is 3.63. The lowest BCUT2D eigenvalue weighted by Crippen LogP contribution is -2.67. The topological polar surface area (TPSA) is 65.7 Å². The number of aromatic amines is 2. The summed E-state index contributed by atoms with van der Waals surface area (Å²) in [6, 6.07) is 25.8. The van der Waals surface area contributed by atoms with Gasteiger partial charge in [0.25, 0.3) is 14.2 Å². The summed E-state index contributed by atoms with van der Waals surface area (Å²) in [7, 11) is -3.04. The first kappa shape index (κ1) is 28.9. The highest BCUT2D eigenvalue weighted by Gasteiger charge is 2.51. The van der Waals surface area contributed by atoms with Crippen LogP contribution in [0.2, 0.25) is 5.04 Å². The number of aromatic nitrogens is 3. The third-order valence-corrected chi connectivity index (χ3v) is 12.7. The van der Waals surface area contributed by atoms with Gasteiger partial charge >= 0.3 is 0 Å².